The van der Waals surface area contributed by atoms with Gasteiger partial charge in [0.1, 0.15) is 4.83 Å². The van der Waals surface area contributed by atoms with E-state index in [0.29, 0.717) is 11.4 Å². The van der Waals surface area contributed by atoms with Crippen LogP contribution in [0, 0.1) is 6.92 Å². The number of anilines is 1. The smallest absolute Gasteiger partial charge is 0.321 e. The second-order valence-corrected chi connectivity index (χ2v) is 9.20. The molecule has 4 aromatic rings. The second kappa shape index (κ2) is 9.07. The standard InChI is InChI=1S/C25H25N5O2S/c1-17-21-15-22(33-24(21)30(28-17)20-10-3-2-4-11-20)23(31)26-16-18-8-7-9-19(14-18)27-25(32)29-12-5-6-13-29/h2-4,7-11,14-15H,5-6,12-13,16H2,1H3,(H,26,31)(H,27,32). The number of aromatic nitrogens is 2. The number of fused-ring (bicyclic) bond motifs is 1. The van der Waals surface area contributed by atoms with Gasteiger partial charge in [0.2, 0.25) is 0 Å². The van der Waals surface area contributed by atoms with Crippen LogP contribution in [-0.4, -0.2) is 39.7 Å². The minimum absolute atomic E-state index is 0.0678. The van der Waals surface area contributed by atoms with E-state index in [4.69, 9.17) is 0 Å². The summed E-state index contributed by atoms with van der Waals surface area (Å²) in [5.41, 5.74) is 3.53. The molecule has 2 aromatic carbocycles. The van der Waals surface area contributed by atoms with Gasteiger partial charge in [0.15, 0.2) is 0 Å². The van der Waals surface area contributed by atoms with E-state index in [0.717, 1.165) is 58.8 Å². The molecular weight excluding hydrogens is 434 g/mol. The first kappa shape index (κ1) is 21.2. The molecule has 33 heavy (non-hydrogen) atoms. The van der Waals surface area contributed by atoms with E-state index in [-0.39, 0.29) is 11.9 Å². The van der Waals surface area contributed by atoms with Crippen molar-refractivity contribution in [3.05, 3.63) is 76.8 Å². The Morgan fingerprint density at radius 2 is 1.82 bits per heavy atom. The number of para-hydroxylation sites is 1. The molecule has 1 aliphatic heterocycles. The highest BCUT2D eigenvalue weighted by Gasteiger charge is 2.19. The molecule has 3 amide bonds. The number of hydrogen-bond donors (Lipinski definition) is 2. The molecule has 0 radical (unpaired) electrons. The van der Waals surface area contributed by atoms with Crippen LogP contribution >= 0.6 is 11.3 Å². The average molecular weight is 460 g/mol. The Labute approximate surface area is 196 Å². The summed E-state index contributed by atoms with van der Waals surface area (Å²) in [5.74, 6) is -0.123. The first-order valence-electron chi connectivity index (χ1n) is 11.1. The number of aryl methyl sites for hydroxylation is 1. The largest absolute Gasteiger partial charge is 0.347 e. The number of likely N-dealkylation sites (tertiary alicyclic amines) is 1. The fourth-order valence-electron chi connectivity index (χ4n) is 4.05. The Morgan fingerprint density at radius 3 is 2.61 bits per heavy atom. The van der Waals surface area contributed by atoms with Crippen LogP contribution in [0.5, 0.6) is 0 Å². The van der Waals surface area contributed by atoms with Crippen LogP contribution in [0.1, 0.15) is 33.8 Å². The van der Waals surface area contributed by atoms with E-state index in [1.165, 1.54) is 11.3 Å². The lowest BCUT2D eigenvalue weighted by Gasteiger charge is -2.16. The molecule has 5 rings (SSSR count). The maximum absolute atomic E-state index is 12.9. The van der Waals surface area contributed by atoms with Crippen LogP contribution in [0.25, 0.3) is 15.9 Å². The number of hydrogen-bond acceptors (Lipinski definition) is 4. The number of rotatable bonds is 5. The summed E-state index contributed by atoms with van der Waals surface area (Å²) in [6.45, 7) is 3.94. The van der Waals surface area contributed by atoms with E-state index in [1.807, 2.05) is 77.2 Å². The van der Waals surface area contributed by atoms with Gasteiger partial charge in [0, 0.05) is 30.7 Å². The predicted octanol–water partition coefficient (Wildman–Crippen LogP) is 4.95. The molecule has 168 valence electrons. The van der Waals surface area contributed by atoms with E-state index < -0.39 is 0 Å². The molecule has 2 N–H and O–H groups in total. The highest BCUT2D eigenvalue weighted by molar-refractivity contribution is 7.20. The zero-order chi connectivity index (χ0) is 22.8. The van der Waals surface area contributed by atoms with Gasteiger partial charge in [-0.1, -0.05) is 30.3 Å². The molecule has 8 heteroatoms. The van der Waals surface area contributed by atoms with Crippen molar-refractivity contribution in [2.45, 2.75) is 26.3 Å². The second-order valence-electron chi connectivity index (χ2n) is 8.17. The van der Waals surface area contributed by atoms with Crippen LogP contribution in [-0.2, 0) is 6.54 Å². The topological polar surface area (TPSA) is 79.3 Å². The number of nitrogens with one attached hydrogen (secondary N) is 2. The number of thiophene rings is 1. The van der Waals surface area contributed by atoms with Gasteiger partial charge in [-0.05, 0) is 55.7 Å². The molecule has 0 aliphatic carbocycles. The molecule has 0 atom stereocenters. The summed E-state index contributed by atoms with van der Waals surface area (Å²) in [7, 11) is 0. The summed E-state index contributed by atoms with van der Waals surface area (Å²) >= 11 is 1.43. The molecule has 0 saturated carbocycles. The first-order valence-corrected chi connectivity index (χ1v) is 11.9. The van der Waals surface area contributed by atoms with Crippen molar-refractivity contribution in [2.24, 2.45) is 0 Å². The lowest BCUT2D eigenvalue weighted by Crippen LogP contribution is -2.32. The molecule has 1 fully saturated rings. The monoisotopic (exact) mass is 459 g/mol. The van der Waals surface area contributed by atoms with Crippen molar-refractivity contribution in [3.63, 3.8) is 0 Å². The SMILES string of the molecule is Cc1nn(-c2ccccc2)c2sc(C(=O)NCc3cccc(NC(=O)N4CCCC4)c3)cc12. The summed E-state index contributed by atoms with van der Waals surface area (Å²) in [6, 6.07) is 19.3. The number of urea groups is 1. The maximum atomic E-state index is 12.9. The quantitative estimate of drug-likeness (QED) is 0.443. The summed E-state index contributed by atoms with van der Waals surface area (Å²) in [6.07, 6.45) is 2.11. The van der Waals surface area contributed by atoms with Crippen molar-refractivity contribution in [1.82, 2.24) is 20.0 Å². The molecule has 0 spiro atoms. The fraction of sp³-hybridized carbons (Fsp3) is 0.240. The summed E-state index contributed by atoms with van der Waals surface area (Å²) < 4.78 is 1.89. The average Bonchev–Trinajstić information content (AvgIpc) is 3.57. The molecule has 0 unspecified atom stereocenters. The first-order chi connectivity index (χ1) is 16.1. The third-order valence-corrected chi connectivity index (χ3v) is 6.90. The van der Waals surface area contributed by atoms with Gasteiger partial charge >= 0.3 is 6.03 Å². The van der Waals surface area contributed by atoms with Gasteiger partial charge in [-0.15, -0.1) is 11.3 Å². The van der Waals surface area contributed by atoms with E-state index >= 15 is 0 Å². The van der Waals surface area contributed by atoms with E-state index in [9.17, 15) is 9.59 Å². The van der Waals surface area contributed by atoms with Crippen molar-refractivity contribution in [1.29, 1.82) is 0 Å². The van der Waals surface area contributed by atoms with Crippen molar-refractivity contribution < 1.29 is 9.59 Å². The van der Waals surface area contributed by atoms with E-state index in [2.05, 4.69) is 15.7 Å². The summed E-state index contributed by atoms with van der Waals surface area (Å²) in [5, 5.41) is 11.6. The van der Waals surface area contributed by atoms with Gasteiger partial charge in [0.25, 0.3) is 5.91 Å². The molecular formula is C25H25N5O2S. The van der Waals surface area contributed by atoms with Crippen LogP contribution in [0.15, 0.2) is 60.7 Å². The van der Waals surface area contributed by atoms with Crippen LogP contribution < -0.4 is 10.6 Å². The molecule has 2 aromatic heterocycles. The van der Waals surface area contributed by atoms with Gasteiger partial charge in [0.05, 0.1) is 16.3 Å². The Hall–Kier alpha value is -3.65. The third kappa shape index (κ3) is 4.47. The van der Waals surface area contributed by atoms with Crippen LogP contribution in [0.4, 0.5) is 10.5 Å². The minimum atomic E-state index is -0.123. The molecule has 7 nitrogen and oxygen atoms in total. The zero-order valence-electron chi connectivity index (χ0n) is 18.4. The Morgan fingerprint density at radius 1 is 1.03 bits per heavy atom. The lowest BCUT2D eigenvalue weighted by molar-refractivity contribution is 0.0955. The van der Waals surface area contributed by atoms with Crippen molar-refractivity contribution in [2.75, 3.05) is 18.4 Å². The number of carbonyl (C=O) groups excluding carboxylic acids is 2. The third-order valence-electron chi connectivity index (χ3n) is 5.79. The Kier molecular flexibility index (Phi) is 5.83. The predicted molar refractivity (Wildman–Crippen MR) is 131 cm³/mol. The number of nitrogens with zero attached hydrogens (tertiary/aromatic N) is 3. The van der Waals surface area contributed by atoms with Crippen molar-refractivity contribution >= 4 is 39.2 Å². The Balaban J connectivity index is 1.27. The normalized spacial score (nSPS) is 13.4. The molecule has 0 bridgehead atoms. The van der Waals surface area contributed by atoms with Gasteiger partial charge in [-0.25, -0.2) is 9.48 Å². The zero-order valence-corrected chi connectivity index (χ0v) is 19.2. The highest BCUT2D eigenvalue weighted by Crippen LogP contribution is 2.30. The lowest BCUT2D eigenvalue weighted by atomic mass is 10.2. The number of benzene rings is 2. The minimum Gasteiger partial charge on any atom is -0.347 e. The number of carbonyl (C=O) groups is 2. The molecule has 1 aliphatic rings. The van der Waals surface area contributed by atoms with Gasteiger partial charge < -0.3 is 15.5 Å². The van der Waals surface area contributed by atoms with Gasteiger partial charge in [-0.2, -0.15) is 5.10 Å². The van der Waals surface area contributed by atoms with E-state index in [1.54, 1.807) is 0 Å². The van der Waals surface area contributed by atoms with Crippen LogP contribution in [0.2, 0.25) is 0 Å². The summed E-state index contributed by atoms with van der Waals surface area (Å²) in [4.78, 5) is 28.6. The van der Waals surface area contributed by atoms with Crippen molar-refractivity contribution in [3.8, 4) is 5.69 Å². The van der Waals surface area contributed by atoms with Crippen LogP contribution in [0.3, 0.4) is 0 Å². The number of amides is 3. The molecule has 1 saturated heterocycles. The molecule has 3 heterocycles. The Bertz CT molecular complexity index is 1310. The fourth-order valence-corrected chi connectivity index (χ4v) is 5.15. The highest BCUT2D eigenvalue weighted by atomic mass is 32.1. The van der Waals surface area contributed by atoms with Gasteiger partial charge in [-0.3, -0.25) is 4.79 Å². The maximum Gasteiger partial charge on any atom is 0.321 e.